The lowest BCUT2D eigenvalue weighted by Crippen LogP contribution is -2.52. The lowest BCUT2D eigenvalue weighted by atomic mass is 9.70. The van der Waals surface area contributed by atoms with Gasteiger partial charge in [0.1, 0.15) is 5.60 Å². The van der Waals surface area contributed by atoms with E-state index in [9.17, 15) is 8.68 Å². The predicted octanol–water partition coefficient (Wildman–Crippen LogP) is 6.02. The summed E-state index contributed by atoms with van der Waals surface area (Å²) < 4.78 is 18.5. The van der Waals surface area contributed by atoms with Gasteiger partial charge in [-0.15, -0.1) is 0 Å². The Morgan fingerprint density at radius 3 is 2.41 bits per heavy atom. The van der Waals surface area contributed by atoms with Crippen molar-refractivity contribution in [1.82, 2.24) is 0 Å². The molecule has 0 aliphatic heterocycles. The summed E-state index contributed by atoms with van der Waals surface area (Å²) in [5.41, 5.74) is 8.09. The van der Waals surface area contributed by atoms with Crippen LogP contribution in [0.4, 0.5) is 3.89 Å². The number of hydrogen-bond donors (Lipinski definition) is 1. The van der Waals surface area contributed by atoms with Crippen molar-refractivity contribution in [2.24, 2.45) is 17.6 Å². The van der Waals surface area contributed by atoms with Crippen LogP contribution in [0.5, 0.6) is 0 Å². The van der Waals surface area contributed by atoms with Crippen molar-refractivity contribution >= 4 is 18.1 Å². The van der Waals surface area contributed by atoms with Crippen molar-refractivity contribution in [2.75, 3.05) is 0 Å². The fraction of sp³-hybridized carbons (Fsp3) is 0.682. The third kappa shape index (κ3) is 6.79. The molecule has 3 unspecified atom stereocenters. The number of esters is 1. The Morgan fingerprint density at radius 2 is 1.89 bits per heavy atom. The molecule has 0 aliphatic carbocycles. The highest BCUT2D eigenvalue weighted by atomic mass is 32.2. The van der Waals surface area contributed by atoms with Crippen molar-refractivity contribution in [2.45, 2.75) is 90.2 Å². The van der Waals surface area contributed by atoms with Gasteiger partial charge in [-0.25, -0.2) is 0 Å². The minimum atomic E-state index is -0.463. The first-order chi connectivity index (χ1) is 12.4. The first-order valence-electron chi connectivity index (χ1n) is 9.82. The van der Waals surface area contributed by atoms with Crippen LogP contribution in [0, 0.1) is 18.8 Å². The van der Waals surface area contributed by atoms with Gasteiger partial charge >= 0.3 is 5.97 Å². The molecule has 0 amide bonds. The van der Waals surface area contributed by atoms with Gasteiger partial charge in [0.05, 0.1) is 12.1 Å². The van der Waals surface area contributed by atoms with Crippen LogP contribution in [0.25, 0.3) is 0 Å². The molecule has 0 saturated heterocycles. The van der Waals surface area contributed by atoms with Gasteiger partial charge in [0, 0.05) is 16.9 Å². The lowest BCUT2D eigenvalue weighted by molar-refractivity contribution is -0.155. The average molecular weight is 398 g/mol. The molecule has 0 bridgehead atoms. The van der Waals surface area contributed by atoms with Gasteiger partial charge in [-0.05, 0) is 76.0 Å². The van der Waals surface area contributed by atoms with Crippen LogP contribution in [-0.4, -0.2) is 17.1 Å². The maximum atomic E-state index is 13.1. The Bertz CT molecular complexity index is 629. The zero-order chi connectivity index (χ0) is 20.8. The average Bonchev–Trinajstić information content (AvgIpc) is 2.59. The minimum Gasteiger partial charge on any atom is -0.460 e. The van der Waals surface area contributed by atoms with Crippen LogP contribution in [-0.2, 0) is 16.0 Å². The SMILES string of the molecule is CCC(N)(C(C)CCC(=O)OC(C)(C)C)C(C)Cc1cccc(SF)c1C. The van der Waals surface area contributed by atoms with E-state index in [0.717, 1.165) is 24.0 Å². The van der Waals surface area contributed by atoms with Gasteiger partial charge in [0.25, 0.3) is 0 Å². The maximum Gasteiger partial charge on any atom is 0.306 e. The standard InChI is InChI=1S/C22H36FNO2S/c1-8-22(24,15(2)12-13-20(25)26-21(5,6)7)16(3)14-18-10-9-11-19(27-23)17(18)4/h9-11,15-16H,8,12-14,24H2,1-7H3. The molecule has 0 radical (unpaired) electrons. The summed E-state index contributed by atoms with van der Waals surface area (Å²) >= 11 is 0.289. The number of hydrogen-bond acceptors (Lipinski definition) is 4. The van der Waals surface area contributed by atoms with Crippen molar-refractivity contribution in [1.29, 1.82) is 0 Å². The van der Waals surface area contributed by atoms with Gasteiger partial charge in [-0.3, -0.25) is 4.79 Å². The molecule has 2 N–H and O–H groups in total. The summed E-state index contributed by atoms with van der Waals surface area (Å²) in [5, 5.41) is 0. The molecule has 0 saturated carbocycles. The largest absolute Gasteiger partial charge is 0.460 e. The highest BCUT2D eigenvalue weighted by Crippen LogP contribution is 2.34. The van der Waals surface area contributed by atoms with E-state index in [2.05, 4.69) is 20.8 Å². The predicted molar refractivity (Wildman–Crippen MR) is 112 cm³/mol. The van der Waals surface area contributed by atoms with Crippen LogP contribution < -0.4 is 5.73 Å². The zero-order valence-electron chi connectivity index (χ0n) is 17.9. The molecule has 27 heavy (non-hydrogen) atoms. The van der Waals surface area contributed by atoms with E-state index in [4.69, 9.17) is 10.5 Å². The first-order valence-corrected chi connectivity index (χ1v) is 10.5. The van der Waals surface area contributed by atoms with Crippen LogP contribution in [0.2, 0.25) is 0 Å². The van der Waals surface area contributed by atoms with Gasteiger partial charge in [-0.2, -0.15) is 3.89 Å². The van der Waals surface area contributed by atoms with Crippen LogP contribution >= 0.6 is 12.1 Å². The van der Waals surface area contributed by atoms with E-state index < -0.39 is 11.1 Å². The number of nitrogens with two attached hydrogens (primary N) is 1. The van der Waals surface area contributed by atoms with Crippen LogP contribution in [0.1, 0.15) is 71.9 Å². The van der Waals surface area contributed by atoms with Crippen molar-refractivity contribution in [3.8, 4) is 0 Å². The minimum absolute atomic E-state index is 0.170. The monoisotopic (exact) mass is 397 g/mol. The Hall–Kier alpha value is -1.07. The van der Waals surface area contributed by atoms with E-state index >= 15 is 0 Å². The third-order valence-electron chi connectivity index (χ3n) is 5.65. The molecule has 1 aromatic carbocycles. The molecule has 0 spiro atoms. The summed E-state index contributed by atoms with van der Waals surface area (Å²) in [4.78, 5) is 12.7. The second kappa shape index (κ2) is 9.92. The van der Waals surface area contributed by atoms with Gasteiger partial charge in [0.15, 0.2) is 0 Å². The highest BCUT2D eigenvalue weighted by molar-refractivity contribution is 7.94. The zero-order valence-corrected chi connectivity index (χ0v) is 18.7. The number of carbonyl (C=O) groups is 1. The molecule has 154 valence electrons. The van der Waals surface area contributed by atoms with Gasteiger partial charge < -0.3 is 10.5 Å². The quantitative estimate of drug-likeness (QED) is 0.518. The van der Waals surface area contributed by atoms with E-state index in [1.165, 1.54) is 0 Å². The van der Waals surface area contributed by atoms with E-state index in [1.807, 2.05) is 39.8 Å². The summed E-state index contributed by atoms with van der Waals surface area (Å²) in [6.45, 7) is 14.0. The Kier molecular flexibility index (Phi) is 8.81. The Labute approximate surface area is 168 Å². The summed E-state index contributed by atoms with van der Waals surface area (Å²) in [5.74, 6) is 0.197. The van der Waals surface area contributed by atoms with Crippen LogP contribution in [0.3, 0.4) is 0 Å². The number of rotatable bonds is 9. The topological polar surface area (TPSA) is 52.3 Å². The number of carbonyl (C=O) groups excluding carboxylic acids is 1. The smallest absolute Gasteiger partial charge is 0.306 e. The molecule has 0 heterocycles. The second-order valence-corrected chi connectivity index (χ2v) is 9.31. The molecule has 0 aromatic heterocycles. The normalized spacial score (nSPS) is 16.5. The number of ether oxygens (including phenoxy) is 1. The number of halogens is 1. The molecular formula is C22H36FNO2S. The first kappa shape index (κ1) is 24.0. The van der Waals surface area contributed by atoms with E-state index in [-0.39, 0.29) is 30.0 Å². The van der Waals surface area contributed by atoms with E-state index in [0.29, 0.717) is 17.7 Å². The van der Waals surface area contributed by atoms with Crippen molar-refractivity contribution in [3.63, 3.8) is 0 Å². The maximum absolute atomic E-state index is 13.1. The second-order valence-electron chi connectivity index (χ2n) is 8.71. The molecule has 3 nitrogen and oxygen atoms in total. The fourth-order valence-corrected chi connectivity index (χ4v) is 4.04. The van der Waals surface area contributed by atoms with Crippen molar-refractivity contribution in [3.05, 3.63) is 29.3 Å². The molecule has 1 aromatic rings. The summed E-state index contributed by atoms with van der Waals surface area (Å²) in [7, 11) is 0. The van der Waals surface area contributed by atoms with Crippen molar-refractivity contribution < 1.29 is 13.4 Å². The molecule has 5 heteroatoms. The molecule has 0 aliphatic rings. The molecular weight excluding hydrogens is 361 g/mol. The summed E-state index contributed by atoms with van der Waals surface area (Å²) in [6, 6.07) is 5.74. The van der Waals surface area contributed by atoms with E-state index in [1.54, 1.807) is 6.07 Å². The van der Waals surface area contributed by atoms with Crippen LogP contribution in [0.15, 0.2) is 23.1 Å². The summed E-state index contributed by atoms with van der Waals surface area (Å²) in [6.07, 6.45) is 2.68. The molecule has 0 fully saturated rings. The number of benzene rings is 1. The molecule has 1 rings (SSSR count). The fourth-order valence-electron chi connectivity index (χ4n) is 3.66. The van der Waals surface area contributed by atoms with Gasteiger partial charge in [-0.1, -0.05) is 32.9 Å². The lowest BCUT2D eigenvalue weighted by Gasteiger charge is -2.41. The molecule has 3 atom stereocenters. The third-order valence-corrected chi connectivity index (χ3v) is 6.26. The Balaban J connectivity index is 2.82. The highest BCUT2D eigenvalue weighted by Gasteiger charge is 2.36. The Morgan fingerprint density at radius 1 is 1.26 bits per heavy atom. The van der Waals surface area contributed by atoms with Gasteiger partial charge in [0.2, 0.25) is 0 Å².